The highest BCUT2D eigenvalue weighted by atomic mass is 19.1. The molecule has 140 valence electrons. The van der Waals surface area contributed by atoms with E-state index < -0.39 is 5.92 Å². The largest absolute Gasteiger partial charge is 0.420 e. The lowest BCUT2D eigenvalue weighted by molar-refractivity contribution is 0.378. The van der Waals surface area contributed by atoms with Gasteiger partial charge in [0, 0.05) is 23.7 Å². The van der Waals surface area contributed by atoms with Crippen LogP contribution in [0.2, 0.25) is 0 Å². The summed E-state index contributed by atoms with van der Waals surface area (Å²) in [6.45, 7) is 2.07. The van der Waals surface area contributed by atoms with E-state index in [1.54, 1.807) is 24.5 Å². The van der Waals surface area contributed by atoms with Crippen molar-refractivity contribution in [3.8, 4) is 23.1 Å². The fourth-order valence-electron chi connectivity index (χ4n) is 3.50. The summed E-state index contributed by atoms with van der Waals surface area (Å²) in [6, 6.07) is 10.3. The molecule has 1 aliphatic rings. The van der Waals surface area contributed by atoms with E-state index in [1.165, 1.54) is 12.1 Å². The third-order valence-electron chi connectivity index (χ3n) is 4.79. The number of rotatable bonds is 4. The number of halogens is 1. The second-order valence-corrected chi connectivity index (χ2v) is 6.61. The number of ether oxygens (including phenoxy) is 1. The number of nitrogens with two attached hydrogens (primary N) is 1. The SMILES string of the molecule is CCCc1[nH]nc2c1[C@H](c1cncc(-c3ccc(F)cc3)c1)C(C#N)=C(N)O2. The van der Waals surface area contributed by atoms with Crippen molar-refractivity contribution in [2.45, 2.75) is 25.7 Å². The molecule has 2 aromatic heterocycles. The lowest BCUT2D eigenvalue weighted by atomic mass is 9.83. The summed E-state index contributed by atoms with van der Waals surface area (Å²) in [5, 5.41) is 17.0. The molecule has 0 fully saturated rings. The number of benzene rings is 1. The molecule has 3 N–H and O–H groups in total. The fourth-order valence-corrected chi connectivity index (χ4v) is 3.50. The Labute approximate surface area is 161 Å². The van der Waals surface area contributed by atoms with Crippen molar-refractivity contribution in [1.82, 2.24) is 15.2 Å². The van der Waals surface area contributed by atoms with Gasteiger partial charge in [-0.25, -0.2) is 4.39 Å². The van der Waals surface area contributed by atoms with Crippen molar-refractivity contribution in [2.75, 3.05) is 0 Å². The number of fused-ring (bicyclic) bond motifs is 1. The maximum Gasteiger partial charge on any atom is 0.244 e. The number of pyridine rings is 1. The van der Waals surface area contributed by atoms with Crippen molar-refractivity contribution >= 4 is 0 Å². The molecular weight excluding hydrogens is 357 g/mol. The van der Waals surface area contributed by atoms with Crippen molar-refractivity contribution in [2.24, 2.45) is 5.73 Å². The van der Waals surface area contributed by atoms with Crippen LogP contribution in [0.15, 0.2) is 54.2 Å². The number of nitriles is 1. The van der Waals surface area contributed by atoms with Crippen LogP contribution in [-0.4, -0.2) is 15.2 Å². The van der Waals surface area contributed by atoms with Crippen molar-refractivity contribution < 1.29 is 9.13 Å². The zero-order valence-corrected chi connectivity index (χ0v) is 15.2. The molecule has 1 aromatic carbocycles. The normalized spacial score (nSPS) is 15.7. The van der Waals surface area contributed by atoms with Gasteiger partial charge in [-0.2, -0.15) is 5.26 Å². The van der Waals surface area contributed by atoms with Crippen LogP contribution >= 0.6 is 0 Å². The van der Waals surface area contributed by atoms with Gasteiger partial charge in [0.1, 0.15) is 17.5 Å². The van der Waals surface area contributed by atoms with Gasteiger partial charge in [-0.3, -0.25) is 10.1 Å². The summed E-state index contributed by atoms with van der Waals surface area (Å²) < 4.78 is 18.8. The van der Waals surface area contributed by atoms with Gasteiger partial charge in [0.25, 0.3) is 0 Å². The molecule has 7 heteroatoms. The highest BCUT2D eigenvalue weighted by molar-refractivity contribution is 5.65. The first-order chi connectivity index (χ1) is 13.6. The number of H-pyrrole nitrogens is 1. The Kier molecular flexibility index (Phi) is 4.53. The molecule has 0 saturated carbocycles. The summed E-state index contributed by atoms with van der Waals surface area (Å²) >= 11 is 0. The smallest absolute Gasteiger partial charge is 0.244 e. The zero-order valence-electron chi connectivity index (χ0n) is 15.2. The van der Waals surface area contributed by atoms with Crippen LogP contribution in [0, 0.1) is 17.1 Å². The van der Waals surface area contributed by atoms with E-state index in [0.29, 0.717) is 11.5 Å². The Morgan fingerprint density at radius 1 is 1.25 bits per heavy atom. The molecule has 28 heavy (non-hydrogen) atoms. The number of aromatic nitrogens is 3. The first kappa shape index (κ1) is 17.7. The Morgan fingerprint density at radius 3 is 2.75 bits per heavy atom. The first-order valence-corrected chi connectivity index (χ1v) is 8.98. The topological polar surface area (TPSA) is 101 Å². The van der Waals surface area contributed by atoms with Crippen LogP contribution in [-0.2, 0) is 6.42 Å². The van der Waals surface area contributed by atoms with Gasteiger partial charge in [-0.05, 0) is 35.7 Å². The van der Waals surface area contributed by atoms with Gasteiger partial charge in [-0.15, -0.1) is 5.10 Å². The Hall–Kier alpha value is -3.66. The highest BCUT2D eigenvalue weighted by Crippen LogP contribution is 2.43. The molecule has 1 aliphatic heterocycles. The minimum atomic E-state index is -0.429. The Bertz CT molecular complexity index is 1090. The molecule has 0 radical (unpaired) electrons. The number of hydrogen-bond donors (Lipinski definition) is 2. The summed E-state index contributed by atoms with van der Waals surface area (Å²) in [7, 11) is 0. The van der Waals surface area contributed by atoms with Crippen molar-refractivity contribution in [3.63, 3.8) is 0 Å². The van der Waals surface area contributed by atoms with Gasteiger partial charge in [0.2, 0.25) is 11.8 Å². The zero-order chi connectivity index (χ0) is 19.7. The van der Waals surface area contributed by atoms with Gasteiger partial charge >= 0.3 is 0 Å². The van der Waals surface area contributed by atoms with Crippen LogP contribution < -0.4 is 10.5 Å². The molecular formula is C21H18FN5O. The molecule has 0 amide bonds. The van der Waals surface area contributed by atoms with E-state index in [9.17, 15) is 9.65 Å². The van der Waals surface area contributed by atoms with Gasteiger partial charge < -0.3 is 10.5 Å². The van der Waals surface area contributed by atoms with Crippen LogP contribution in [0.5, 0.6) is 5.88 Å². The maximum atomic E-state index is 13.3. The predicted octanol–water partition coefficient (Wildman–Crippen LogP) is 3.78. The number of allylic oxidation sites excluding steroid dienone is 1. The summed E-state index contributed by atoms with van der Waals surface area (Å²) in [5.74, 6) is -0.298. The molecule has 0 saturated heterocycles. The lowest BCUT2D eigenvalue weighted by Gasteiger charge is -2.24. The number of aromatic amines is 1. The summed E-state index contributed by atoms with van der Waals surface area (Å²) in [6.07, 6.45) is 5.10. The Morgan fingerprint density at radius 2 is 2.04 bits per heavy atom. The third-order valence-corrected chi connectivity index (χ3v) is 4.79. The second kappa shape index (κ2) is 7.16. The summed E-state index contributed by atoms with van der Waals surface area (Å²) in [4.78, 5) is 4.35. The molecule has 3 heterocycles. The highest BCUT2D eigenvalue weighted by Gasteiger charge is 2.35. The first-order valence-electron chi connectivity index (χ1n) is 8.98. The third kappa shape index (κ3) is 2.99. The maximum absolute atomic E-state index is 13.3. The fraction of sp³-hybridized carbons (Fsp3) is 0.190. The standard InChI is InChI=1S/C21H18FN5O/c1-2-3-17-19-18(16(9-23)20(24)28-21(19)27-26-17)14-8-13(10-25-11-14)12-4-6-15(22)7-5-12/h4-8,10-11,18H,2-3,24H2,1H3,(H,26,27)/t18-/m1/s1. The van der Waals surface area contributed by atoms with Crippen molar-refractivity contribution in [3.05, 3.63) is 76.8 Å². The predicted molar refractivity (Wildman–Crippen MR) is 102 cm³/mol. The van der Waals surface area contributed by atoms with Crippen LogP contribution in [0.25, 0.3) is 11.1 Å². The quantitative estimate of drug-likeness (QED) is 0.723. The minimum absolute atomic E-state index is 0.0433. The van der Waals surface area contributed by atoms with Crippen molar-refractivity contribution in [1.29, 1.82) is 5.26 Å². The molecule has 4 rings (SSSR count). The minimum Gasteiger partial charge on any atom is -0.420 e. The number of hydrogen-bond acceptors (Lipinski definition) is 5. The monoisotopic (exact) mass is 375 g/mol. The number of nitrogens with zero attached hydrogens (tertiary/aromatic N) is 3. The van der Waals surface area contributed by atoms with E-state index in [4.69, 9.17) is 10.5 Å². The Balaban J connectivity index is 1.86. The van der Waals surface area contributed by atoms with E-state index in [2.05, 4.69) is 28.2 Å². The number of aryl methyl sites for hydroxylation is 1. The van der Waals surface area contributed by atoms with Crippen LogP contribution in [0.3, 0.4) is 0 Å². The van der Waals surface area contributed by atoms with E-state index in [-0.39, 0.29) is 11.7 Å². The van der Waals surface area contributed by atoms with E-state index in [1.807, 2.05) is 6.07 Å². The molecule has 3 aromatic rings. The van der Waals surface area contributed by atoms with Gasteiger partial charge in [-0.1, -0.05) is 25.5 Å². The van der Waals surface area contributed by atoms with E-state index >= 15 is 0 Å². The molecule has 0 bridgehead atoms. The average molecular weight is 375 g/mol. The summed E-state index contributed by atoms with van der Waals surface area (Å²) in [5.41, 5.74) is 10.5. The molecule has 0 aliphatic carbocycles. The van der Waals surface area contributed by atoms with E-state index in [0.717, 1.165) is 40.8 Å². The molecule has 1 atom stereocenters. The van der Waals surface area contributed by atoms with Crippen LogP contribution in [0.1, 0.15) is 36.1 Å². The molecule has 0 unspecified atom stereocenters. The van der Waals surface area contributed by atoms with Gasteiger partial charge in [0.15, 0.2) is 0 Å². The number of nitrogens with one attached hydrogen (secondary N) is 1. The van der Waals surface area contributed by atoms with Crippen LogP contribution in [0.4, 0.5) is 4.39 Å². The average Bonchev–Trinajstić information content (AvgIpc) is 3.10. The molecule has 0 spiro atoms. The van der Waals surface area contributed by atoms with Gasteiger partial charge in [0.05, 0.1) is 11.5 Å². The second-order valence-electron chi connectivity index (χ2n) is 6.61. The lowest BCUT2D eigenvalue weighted by Crippen LogP contribution is -2.21. The molecule has 6 nitrogen and oxygen atoms in total.